The fourth-order valence-electron chi connectivity index (χ4n) is 2.77. The number of rotatable bonds is 7. The summed E-state index contributed by atoms with van der Waals surface area (Å²) < 4.78 is 5.10. The van der Waals surface area contributed by atoms with Crippen LogP contribution in [0.4, 0.5) is 5.69 Å². The standard InChI is InChI=1S/C24H19NO5/c1-30-19-13-6-16(7-14-19)8-15-22(26)17-9-11-18(12-10-17)25-23(27)20-4-2-3-5-21(20)24(28)29/h2-15H,1H3,(H,25,27)(H,28,29)/b15-8+. The number of ether oxygens (including phenoxy) is 1. The quantitative estimate of drug-likeness (QED) is 0.448. The van der Waals surface area contributed by atoms with Gasteiger partial charge in [-0.25, -0.2) is 4.79 Å². The summed E-state index contributed by atoms with van der Waals surface area (Å²) in [5, 5.41) is 11.9. The summed E-state index contributed by atoms with van der Waals surface area (Å²) in [4.78, 5) is 36.0. The van der Waals surface area contributed by atoms with Crippen molar-refractivity contribution in [2.24, 2.45) is 0 Å². The molecule has 6 heteroatoms. The maximum Gasteiger partial charge on any atom is 0.336 e. The van der Waals surface area contributed by atoms with Crippen molar-refractivity contribution in [3.63, 3.8) is 0 Å². The lowest BCUT2D eigenvalue weighted by Gasteiger charge is -2.08. The molecule has 0 spiro atoms. The number of allylic oxidation sites excluding steroid dienone is 1. The number of carbonyl (C=O) groups is 3. The van der Waals surface area contributed by atoms with E-state index < -0.39 is 11.9 Å². The lowest BCUT2D eigenvalue weighted by Crippen LogP contribution is -2.16. The van der Waals surface area contributed by atoms with Gasteiger partial charge in [0.15, 0.2) is 5.78 Å². The second kappa shape index (κ2) is 9.34. The molecule has 0 saturated carbocycles. The Bertz CT molecular complexity index is 1100. The molecule has 150 valence electrons. The number of aromatic carboxylic acids is 1. The average Bonchev–Trinajstić information content (AvgIpc) is 2.78. The highest BCUT2D eigenvalue weighted by Crippen LogP contribution is 2.16. The van der Waals surface area contributed by atoms with Crippen LogP contribution in [0.5, 0.6) is 5.75 Å². The Morgan fingerprint density at radius 3 is 2.10 bits per heavy atom. The Hall–Kier alpha value is -4.19. The predicted molar refractivity (Wildman–Crippen MR) is 114 cm³/mol. The normalized spacial score (nSPS) is 10.6. The third-order valence-corrected chi connectivity index (χ3v) is 4.37. The van der Waals surface area contributed by atoms with Crippen LogP contribution in [0.15, 0.2) is 78.9 Å². The van der Waals surface area contributed by atoms with Crippen molar-refractivity contribution in [2.45, 2.75) is 0 Å². The van der Waals surface area contributed by atoms with E-state index in [1.54, 1.807) is 49.6 Å². The number of hydrogen-bond donors (Lipinski definition) is 2. The van der Waals surface area contributed by atoms with Gasteiger partial charge < -0.3 is 15.2 Å². The number of carboxylic acids is 1. The lowest BCUT2D eigenvalue weighted by atomic mass is 10.1. The fourth-order valence-corrected chi connectivity index (χ4v) is 2.77. The molecule has 2 N–H and O–H groups in total. The first-order chi connectivity index (χ1) is 14.5. The molecule has 0 aromatic heterocycles. The van der Waals surface area contributed by atoms with Crippen molar-refractivity contribution < 1.29 is 24.2 Å². The van der Waals surface area contributed by atoms with Gasteiger partial charge in [-0.3, -0.25) is 9.59 Å². The molecule has 0 atom stereocenters. The SMILES string of the molecule is COc1ccc(/C=C/C(=O)c2ccc(NC(=O)c3ccccc3C(=O)O)cc2)cc1. The van der Waals surface area contributed by atoms with Gasteiger partial charge in [-0.15, -0.1) is 0 Å². The van der Waals surface area contributed by atoms with E-state index in [4.69, 9.17) is 4.74 Å². The zero-order valence-corrected chi connectivity index (χ0v) is 16.2. The highest BCUT2D eigenvalue weighted by atomic mass is 16.5. The van der Waals surface area contributed by atoms with Crippen molar-refractivity contribution in [2.75, 3.05) is 12.4 Å². The van der Waals surface area contributed by atoms with Gasteiger partial charge >= 0.3 is 5.97 Å². The molecule has 0 radical (unpaired) electrons. The monoisotopic (exact) mass is 401 g/mol. The molecule has 0 bridgehead atoms. The molecule has 0 aliphatic carbocycles. The molecule has 0 unspecified atom stereocenters. The second-order valence-corrected chi connectivity index (χ2v) is 6.35. The third kappa shape index (κ3) is 4.99. The molecule has 6 nitrogen and oxygen atoms in total. The summed E-state index contributed by atoms with van der Waals surface area (Å²) in [6.45, 7) is 0. The van der Waals surface area contributed by atoms with Crippen LogP contribution in [0.1, 0.15) is 36.6 Å². The van der Waals surface area contributed by atoms with Gasteiger partial charge in [0.25, 0.3) is 5.91 Å². The second-order valence-electron chi connectivity index (χ2n) is 6.35. The topological polar surface area (TPSA) is 92.7 Å². The number of methoxy groups -OCH3 is 1. The van der Waals surface area contributed by atoms with E-state index >= 15 is 0 Å². The summed E-state index contributed by atoms with van der Waals surface area (Å²) in [5.74, 6) is -1.15. The average molecular weight is 401 g/mol. The summed E-state index contributed by atoms with van der Waals surface area (Å²) in [6.07, 6.45) is 3.18. The summed E-state index contributed by atoms with van der Waals surface area (Å²) in [5.41, 5.74) is 1.77. The molecule has 3 aromatic carbocycles. The molecule has 3 rings (SSSR count). The number of anilines is 1. The molecule has 0 aliphatic heterocycles. The molecule has 30 heavy (non-hydrogen) atoms. The van der Waals surface area contributed by atoms with Crippen molar-refractivity contribution in [3.05, 3.63) is 101 Å². The van der Waals surface area contributed by atoms with Crippen LogP contribution in [0.2, 0.25) is 0 Å². The van der Waals surface area contributed by atoms with E-state index in [2.05, 4.69) is 5.32 Å². The van der Waals surface area contributed by atoms with Crippen molar-refractivity contribution in [1.29, 1.82) is 0 Å². The van der Waals surface area contributed by atoms with Crippen molar-refractivity contribution >= 4 is 29.4 Å². The van der Waals surface area contributed by atoms with E-state index in [0.717, 1.165) is 11.3 Å². The smallest absolute Gasteiger partial charge is 0.336 e. The van der Waals surface area contributed by atoms with Gasteiger partial charge in [-0.2, -0.15) is 0 Å². The number of nitrogens with one attached hydrogen (secondary N) is 1. The number of amides is 1. The zero-order valence-electron chi connectivity index (χ0n) is 16.2. The van der Waals surface area contributed by atoms with Crippen LogP contribution in [0.3, 0.4) is 0 Å². The Kier molecular flexibility index (Phi) is 6.39. The highest BCUT2D eigenvalue weighted by Gasteiger charge is 2.15. The summed E-state index contributed by atoms with van der Waals surface area (Å²) in [6, 6.07) is 19.7. The van der Waals surface area contributed by atoms with Crippen LogP contribution in [0.25, 0.3) is 6.08 Å². The van der Waals surface area contributed by atoms with Crippen molar-refractivity contribution in [3.8, 4) is 5.75 Å². The van der Waals surface area contributed by atoms with E-state index in [0.29, 0.717) is 11.3 Å². The summed E-state index contributed by atoms with van der Waals surface area (Å²) >= 11 is 0. The van der Waals surface area contributed by atoms with Gasteiger partial charge in [0.05, 0.1) is 18.2 Å². The number of hydrogen-bond acceptors (Lipinski definition) is 4. The van der Waals surface area contributed by atoms with Crippen LogP contribution in [-0.4, -0.2) is 29.9 Å². The first-order valence-electron chi connectivity index (χ1n) is 9.08. The molecule has 0 aliphatic rings. The maximum atomic E-state index is 12.4. The predicted octanol–water partition coefficient (Wildman–Crippen LogP) is 4.54. The maximum absolute atomic E-state index is 12.4. The Morgan fingerprint density at radius 1 is 0.867 bits per heavy atom. The van der Waals surface area contributed by atoms with Crippen LogP contribution in [0, 0.1) is 0 Å². The number of carboxylic acid groups (broad SMARTS) is 1. The lowest BCUT2D eigenvalue weighted by molar-refractivity contribution is 0.0692. The van der Waals surface area contributed by atoms with Crippen LogP contribution < -0.4 is 10.1 Å². The van der Waals surface area contributed by atoms with Gasteiger partial charge in [-0.05, 0) is 60.2 Å². The molecular weight excluding hydrogens is 382 g/mol. The van der Waals surface area contributed by atoms with E-state index in [1.807, 2.05) is 24.3 Å². The number of ketones is 1. The van der Waals surface area contributed by atoms with Gasteiger partial charge in [0.2, 0.25) is 0 Å². The molecule has 1 amide bonds. The van der Waals surface area contributed by atoms with E-state index in [-0.39, 0.29) is 16.9 Å². The van der Waals surface area contributed by atoms with Gasteiger partial charge in [0.1, 0.15) is 5.75 Å². The highest BCUT2D eigenvalue weighted by molar-refractivity contribution is 6.11. The number of carbonyl (C=O) groups excluding carboxylic acids is 2. The summed E-state index contributed by atoms with van der Waals surface area (Å²) in [7, 11) is 1.59. The molecular formula is C24H19NO5. The largest absolute Gasteiger partial charge is 0.497 e. The Labute approximate surface area is 173 Å². The van der Waals surface area contributed by atoms with Gasteiger partial charge in [-0.1, -0.05) is 30.3 Å². The van der Waals surface area contributed by atoms with E-state index in [1.165, 1.54) is 18.2 Å². The minimum atomic E-state index is -1.18. The molecule has 0 saturated heterocycles. The third-order valence-electron chi connectivity index (χ3n) is 4.37. The number of benzene rings is 3. The molecule has 0 heterocycles. The van der Waals surface area contributed by atoms with Crippen molar-refractivity contribution in [1.82, 2.24) is 0 Å². The minimum Gasteiger partial charge on any atom is -0.497 e. The van der Waals surface area contributed by atoms with E-state index in [9.17, 15) is 19.5 Å². The Balaban J connectivity index is 1.67. The van der Waals surface area contributed by atoms with Gasteiger partial charge in [0, 0.05) is 11.3 Å². The first-order valence-corrected chi connectivity index (χ1v) is 9.08. The molecule has 3 aromatic rings. The molecule has 0 fully saturated rings. The van der Waals surface area contributed by atoms with Crippen LogP contribution >= 0.6 is 0 Å². The van der Waals surface area contributed by atoms with Crippen LogP contribution in [-0.2, 0) is 0 Å². The minimum absolute atomic E-state index is 0.0626. The fraction of sp³-hybridized carbons (Fsp3) is 0.0417. The first kappa shape index (κ1) is 20.5. The zero-order chi connectivity index (χ0) is 21.5. The Morgan fingerprint density at radius 2 is 1.50 bits per heavy atom.